The van der Waals surface area contributed by atoms with Gasteiger partial charge in [0.15, 0.2) is 5.82 Å². The topological polar surface area (TPSA) is 72.4 Å². The molecule has 3 heterocycles. The first-order chi connectivity index (χ1) is 11.8. The van der Waals surface area contributed by atoms with Crippen molar-refractivity contribution in [2.45, 2.75) is 25.9 Å². The molecule has 2 aromatic heterocycles. The minimum atomic E-state index is 0.333. The zero-order valence-electron chi connectivity index (χ0n) is 14.1. The van der Waals surface area contributed by atoms with Gasteiger partial charge >= 0.3 is 0 Å². The lowest BCUT2D eigenvalue weighted by Crippen LogP contribution is -2.55. The van der Waals surface area contributed by atoms with Gasteiger partial charge in [0.2, 0.25) is 0 Å². The highest BCUT2D eigenvalue weighted by molar-refractivity contribution is 5.50. The van der Waals surface area contributed by atoms with Crippen LogP contribution in [0.3, 0.4) is 0 Å². The number of nitrogens with zero attached hydrogens (tertiary/aromatic N) is 4. The van der Waals surface area contributed by atoms with Crippen molar-refractivity contribution in [1.82, 2.24) is 20.3 Å². The van der Waals surface area contributed by atoms with E-state index in [-0.39, 0.29) is 0 Å². The van der Waals surface area contributed by atoms with Crippen LogP contribution in [0.5, 0.6) is 11.6 Å². The summed E-state index contributed by atoms with van der Waals surface area (Å²) in [5.41, 5.74) is 0. The van der Waals surface area contributed by atoms with E-state index in [0.717, 1.165) is 24.7 Å². The summed E-state index contributed by atoms with van der Waals surface area (Å²) in [4.78, 5) is 15.1. The van der Waals surface area contributed by atoms with Crippen LogP contribution in [0, 0.1) is 0 Å². The van der Waals surface area contributed by atoms with Crippen LogP contribution in [0.15, 0.2) is 36.9 Å². The highest BCUT2D eigenvalue weighted by atomic mass is 16.5. The van der Waals surface area contributed by atoms with Crippen LogP contribution in [0.1, 0.15) is 13.8 Å². The maximum absolute atomic E-state index is 5.83. The highest BCUT2D eigenvalue weighted by Crippen LogP contribution is 2.27. The Hall–Kier alpha value is -2.41. The number of hydrogen-bond donors (Lipinski definition) is 1. The average molecular weight is 329 g/mol. The normalized spacial score (nSPS) is 20.7. The molecule has 7 nitrogen and oxygen atoms in total. The Morgan fingerprint density at radius 3 is 2.58 bits per heavy atom. The summed E-state index contributed by atoms with van der Waals surface area (Å²) in [6.07, 6.45) is 6.75. The number of hydrogen-bond acceptors (Lipinski definition) is 7. The zero-order valence-corrected chi connectivity index (χ0v) is 14.1. The molecule has 128 valence electrons. The number of piperazine rings is 1. The molecule has 2 aromatic rings. The largest absolute Gasteiger partial charge is 0.488 e. The molecule has 3 rings (SSSR count). The van der Waals surface area contributed by atoms with Crippen molar-refractivity contribution in [3.8, 4) is 11.6 Å². The van der Waals surface area contributed by atoms with Gasteiger partial charge in [0.1, 0.15) is 19.0 Å². The lowest BCUT2D eigenvalue weighted by molar-refractivity contribution is 0.210. The number of anilines is 1. The van der Waals surface area contributed by atoms with Crippen LogP contribution in [0.4, 0.5) is 5.82 Å². The van der Waals surface area contributed by atoms with Crippen LogP contribution in [-0.2, 0) is 0 Å². The van der Waals surface area contributed by atoms with E-state index in [9.17, 15) is 0 Å². The third kappa shape index (κ3) is 3.91. The molecular formula is C17H23N5O2. The molecule has 0 aromatic carbocycles. The Morgan fingerprint density at radius 1 is 1.08 bits per heavy atom. The Kier molecular flexibility index (Phi) is 5.43. The Morgan fingerprint density at radius 2 is 1.83 bits per heavy atom. The summed E-state index contributed by atoms with van der Waals surface area (Å²) in [6.45, 7) is 7.01. The summed E-state index contributed by atoms with van der Waals surface area (Å²) >= 11 is 0. The number of aromatic nitrogens is 3. The van der Waals surface area contributed by atoms with E-state index in [1.165, 1.54) is 0 Å². The summed E-state index contributed by atoms with van der Waals surface area (Å²) in [5.74, 6) is 2.07. The molecule has 0 unspecified atom stereocenters. The molecule has 2 atom stereocenters. The molecule has 0 spiro atoms. The second kappa shape index (κ2) is 7.92. The SMILES string of the molecule is C[C@@H]1CNC[C@H](C)N1c1nccnc1OCCOc1cccnc1. The Bertz CT molecular complexity index is 630. The maximum atomic E-state index is 5.83. The molecule has 1 saturated heterocycles. The molecule has 0 bridgehead atoms. The van der Waals surface area contributed by atoms with Gasteiger partial charge in [-0.3, -0.25) is 4.98 Å². The maximum Gasteiger partial charge on any atom is 0.257 e. The van der Waals surface area contributed by atoms with Crippen molar-refractivity contribution < 1.29 is 9.47 Å². The van der Waals surface area contributed by atoms with Crippen molar-refractivity contribution in [3.63, 3.8) is 0 Å². The van der Waals surface area contributed by atoms with Gasteiger partial charge in [0.25, 0.3) is 5.88 Å². The lowest BCUT2D eigenvalue weighted by Gasteiger charge is -2.40. The third-order valence-electron chi connectivity index (χ3n) is 3.95. The minimum Gasteiger partial charge on any atom is -0.488 e. The number of pyridine rings is 1. The summed E-state index contributed by atoms with van der Waals surface area (Å²) in [6, 6.07) is 4.37. The van der Waals surface area contributed by atoms with Gasteiger partial charge < -0.3 is 19.7 Å². The predicted molar refractivity (Wildman–Crippen MR) is 91.5 cm³/mol. The summed E-state index contributed by atoms with van der Waals surface area (Å²) in [7, 11) is 0. The fourth-order valence-corrected chi connectivity index (χ4v) is 2.88. The average Bonchev–Trinajstić information content (AvgIpc) is 2.61. The molecular weight excluding hydrogens is 306 g/mol. The van der Waals surface area contributed by atoms with Crippen LogP contribution < -0.4 is 19.7 Å². The number of nitrogens with one attached hydrogen (secondary N) is 1. The molecule has 0 amide bonds. The van der Waals surface area contributed by atoms with Gasteiger partial charge in [-0.1, -0.05) is 0 Å². The van der Waals surface area contributed by atoms with Gasteiger partial charge in [-0.15, -0.1) is 0 Å². The molecule has 1 N–H and O–H groups in total. The van der Waals surface area contributed by atoms with Crippen LogP contribution in [0.2, 0.25) is 0 Å². The molecule has 1 aliphatic rings. The van der Waals surface area contributed by atoms with Crippen LogP contribution >= 0.6 is 0 Å². The molecule has 0 aliphatic carbocycles. The van der Waals surface area contributed by atoms with Crippen LogP contribution in [0.25, 0.3) is 0 Å². The third-order valence-corrected chi connectivity index (χ3v) is 3.95. The van der Waals surface area contributed by atoms with E-state index in [4.69, 9.17) is 9.47 Å². The van der Waals surface area contributed by atoms with Crippen molar-refractivity contribution in [1.29, 1.82) is 0 Å². The first-order valence-corrected chi connectivity index (χ1v) is 8.21. The van der Waals surface area contributed by atoms with Gasteiger partial charge in [-0.25, -0.2) is 9.97 Å². The van der Waals surface area contributed by atoms with Crippen molar-refractivity contribution >= 4 is 5.82 Å². The molecule has 7 heteroatoms. The van der Waals surface area contributed by atoms with Gasteiger partial charge in [0.05, 0.1) is 6.20 Å². The van der Waals surface area contributed by atoms with E-state index in [1.807, 2.05) is 12.1 Å². The zero-order chi connectivity index (χ0) is 16.8. The number of ether oxygens (including phenoxy) is 2. The predicted octanol–water partition coefficient (Wildman–Crippen LogP) is 1.52. The second-order valence-corrected chi connectivity index (χ2v) is 5.83. The molecule has 0 saturated carbocycles. The summed E-state index contributed by atoms with van der Waals surface area (Å²) in [5, 5.41) is 3.42. The summed E-state index contributed by atoms with van der Waals surface area (Å²) < 4.78 is 11.4. The Balaban J connectivity index is 1.61. The molecule has 24 heavy (non-hydrogen) atoms. The standard InChI is InChI=1S/C17H23N5O2/c1-13-10-19-11-14(2)22(13)16-17(21-7-6-20-16)24-9-8-23-15-4-3-5-18-12-15/h3-7,12-14,19H,8-11H2,1-2H3/t13-,14+. The first-order valence-electron chi connectivity index (χ1n) is 8.21. The number of rotatable bonds is 6. The van der Waals surface area contributed by atoms with Crippen LogP contribution in [-0.4, -0.2) is 53.3 Å². The Labute approximate surface area is 142 Å². The van der Waals surface area contributed by atoms with Crippen molar-refractivity contribution in [2.24, 2.45) is 0 Å². The van der Waals surface area contributed by atoms with E-state index in [1.54, 1.807) is 24.8 Å². The lowest BCUT2D eigenvalue weighted by atomic mass is 10.1. The van der Waals surface area contributed by atoms with Crippen molar-refractivity contribution in [2.75, 3.05) is 31.2 Å². The first kappa shape index (κ1) is 16.4. The fraction of sp³-hybridized carbons (Fsp3) is 0.471. The highest BCUT2D eigenvalue weighted by Gasteiger charge is 2.28. The van der Waals surface area contributed by atoms with E-state index in [0.29, 0.717) is 31.2 Å². The van der Waals surface area contributed by atoms with Gasteiger partial charge in [-0.2, -0.15) is 0 Å². The van der Waals surface area contributed by atoms with Gasteiger partial charge in [0, 0.05) is 43.8 Å². The smallest absolute Gasteiger partial charge is 0.257 e. The minimum absolute atomic E-state index is 0.333. The van der Waals surface area contributed by atoms with Crippen molar-refractivity contribution in [3.05, 3.63) is 36.9 Å². The van der Waals surface area contributed by atoms with E-state index in [2.05, 4.69) is 39.0 Å². The quantitative estimate of drug-likeness (QED) is 0.806. The van der Waals surface area contributed by atoms with E-state index >= 15 is 0 Å². The monoisotopic (exact) mass is 329 g/mol. The molecule has 0 radical (unpaired) electrons. The van der Waals surface area contributed by atoms with E-state index < -0.39 is 0 Å². The second-order valence-electron chi connectivity index (χ2n) is 5.83. The van der Waals surface area contributed by atoms with Gasteiger partial charge in [-0.05, 0) is 26.0 Å². The fourth-order valence-electron chi connectivity index (χ4n) is 2.88. The molecule has 1 aliphatic heterocycles. The molecule has 1 fully saturated rings.